The molecule has 1 aromatic carbocycles. The highest BCUT2D eigenvalue weighted by atomic mass is 16.3. The maximum absolute atomic E-state index is 8.78. The quantitative estimate of drug-likeness (QED) is 0.416. The maximum atomic E-state index is 8.78. The van der Waals surface area contributed by atoms with Crippen LogP contribution in [0.1, 0.15) is 5.56 Å². The molecule has 106 valence electrons. The lowest BCUT2D eigenvalue weighted by atomic mass is 10.2. The van der Waals surface area contributed by atoms with E-state index in [1.54, 1.807) is 0 Å². The molecule has 0 fully saturated rings. The van der Waals surface area contributed by atoms with Gasteiger partial charge in [-0.1, -0.05) is 17.7 Å². The van der Waals surface area contributed by atoms with Gasteiger partial charge >= 0.3 is 0 Å². The summed E-state index contributed by atoms with van der Waals surface area (Å²) in [7, 11) is 1.94. The Morgan fingerprint density at radius 2 is 1.95 bits per heavy atom. The van der Waals surface area contributed by atoms with E-state index in [9.17, 15) is 0 Å². The van der Waals surface area contributed by atoms with Gasteiger partial charge in [0.2, 0.25) is 0 Å². The molecule has 6 nitrogen and oxygen atoms in total. The van der Waals surface area contributed by atoms with E-state index >= 15 is 0 Å². The SMILES string of the molecule is Cc1ccc(NN(C)CCN(N)/C=C(\N)CO)cc1. The molecule has 0 bridgehead atoms. The number of aryl methyl sites for hydroxylation is 1. The largest absolute Gasteiger partial charge is 0.399 e. The molecule has 0 heterocycles. The molecule has 6 N–H and O–H groups in total. The van der Waals surface area contributed by atoms with Gasteiger partial charge in [0.05, 0.1) is 12.3 Å². The van der Waals surface area contributed by atoms with Gasteiger partial charge in [0.25, 0.3) is 0 Å². The Bertz CT molecular complexity index is 404. The number of nitrogens with zero attached hydrogens (tertiary/aromatic N) is 2. The third-order valence-corrected chi connectivity index (χ3v) is 2.58. The Balaban J connectivity index is 2.35. The van der Waals surface area contributed by atoms with Gasteiger partial charge in [0.1, 0.15) is 0 Å². The number of aliphatic hydroxyl groups excluding tert-OH is 1. The molecule has 0 atom stereocenters. The van der Waals surface area contributed by atoms with Crippen molar-refractivity contribution in [3.8, 4) is 0 Å². The highest BCUT2D eigenvalue weighted by Crippen LogP contribution is 2.08. The van der Waals surface area contributed by atoms with Crippen LogP contribution >= 0.6 is 0 Å². The first kappa shape index (κ1) is 15.3. The van der Waals surface area contributed by atoms with Crippen LogP contribution in [0.4, 0.5) is 5.69 Å². The first-order valence-electron chi connectivity index (χ1n) is 6.14. The molecule has 1 aromatic rings. The molecule has 0 spiro atoms. The van der Waals surface area contributed by atoms with Crippen molar-refractivity contribution in [3.63, 3.8) is 0 Å². The van der Waals surface area contributed by atoms with Crippen molar-refractivity contribution in [1.29, 1.82) is 0 Å². The molecule has 0 aliphatic carbocycles. The Morgan fingerprint density at radius 3 is 2.53 bits per heavy atom. The number of hydrogen-bond donors (Lipinski definition) is 4. The first-order chi connectivity index (χ1) is 9.01. The zero-order valence-electron chi connectivity index (χ0n) is 11.5. The van der Waals surface area contributed by atoms with E-state index < -0.39 is 0 Å². The topological polar surface area (TPSA) is 90.8 Å². The van der Waals surface area contributed by atoms with Crippen molar-refractivity contribution < 1.29 is 5.11 Å². The minimum absolute atomic E-state index is 0.189. The van der Waals surface area contributed by atoms with Crippen molar-refractivity contribution in [2.24, 2.45) is 11.6 Å². The number of aliphatic hydroxyl groups is 1. The molecule has 0 saturated heterocycles. The number of benzene rings is 1. The van der Waals surface area contributed by atoms with E-state index in [0.29, 0.717) is 18.8 Å². The highest BCUT2D eigenvalue weighted by molar-refractivity contribution is 5.43. The minimum Gasteiger partial charge on any atom is -0.399 e. The van der Waals surface area contributed by atoms with E-state index in [0.717, 1.165) is 5.69 Å². The second kappa shape index (κ2) is 7.63. The molecule has 0 aliphatic heterocycles. The summed E-state index contributed by atoms with van der Waals surface area (Å²) in [5.74, 6) is 5.72. The Hall–Kier alpha value is -1.76. The van der Waals surface area contributed by atoms with Crippen LogP contribution in [-0.2, 0) is 0 Å². The van der Waals surface area contributed by atoms with Gasteiger partial charge in [0.15, 0.2) is 0 Å². The molecule has 0 aliphatic rings. The van der Waals surface area contributed by atoms with E-state index in [-0.39, 0.29) is 6.61 Å². The van der Waals surface area contributed by atoms with Gasteiger partial charge in [-0.05, 0) is 19.1 Å². The van der Waals surface area contributed by atoms with Crippen LogP contribution in [0.3, 0.4) is 0 Å². The molecule has 1 rings (SSSR count). The lowest BCUT2D eigenvalue weighted by Gasteiger charge is -2.22. The second-order valence-corrected chi connectivity index (χ2v) is 4.50. The Labute approximate surface area is 114 Å². The van der Waals surface area contributed by atoms with Crippen molar-refractivity contribution >= 4 is 5.69 Å². The van der Waals surface area contributed by atoms with Crippen molar-refractivity contribution in [2.45, 2.75) is 6.92 Å². The summed E-state index contributed by atoms with van der Waals surface area (Å²) in [6.45, 7) is 3.17. The lowest BCUT2D eigenvalue weighted by molar-refractivity contribution is 0.297. The summed E-state index contributed by atoms with van der Waals surface area (Å²) < 4.78 is 0. The minimum atomic E-state index is -0.189. The van der Waals surface area contributed by atoms with Crippen LogP contribution in [0.5, 0.6) is 0 Å². The van der Waals surface area contributed by atoms with Crippen LogP contribution < -0.4 is 17.0 Å². The normalized spacial score (nSPS) is 11.7. The Morgan fingerprint density at radius 1 is 1.32 bits per heavy atom. The van der Waals surface area contributed by atoms with Crippen LogP contribution in [0.15, 0.2) is 36.2 Å². The van der Waals surface area contributed by atoms with Crippen LogP contribution in [-0.4, -0.2) is 41.9 Å². The summed E-state index contributed by atoms with van der Waals surface area (Å²) in [5.41, 5.74) is 11.3. The Kier molecular flexibility index (Phi) is 6.14. The van der Waals surface area contributed by atoms with Crippen LogP contribution in [0.25, 0.3) is 0 Å². The number of nitrogens with two attached hydrogens (primary N) is 2. The lowest BCUT2D eigenvalue weighted by Crippen LogP contribution is -2.37. The van der Waals surface area contributed by atoms with Gasteiger partial charge in [-0.25, -0.2) is 10.9 Å². The molecule has 0 saturated carbocycles. The van der Waals surface area contributed by atoms with Crippen molar-refractivity contribution in [3.05, 3.63) is 41.7 Å². The average molecular weight is 265 g/mol. The zero-order chi connectivity index (χ0) is 14.3. The predicted octanol–water partition coefficient (Wildman–Crippen LogP) is 0.222. The van der Waals surface area contributed by atoms with Crippen molar-refractivity contribution in [1.82, 2.24) is 10.0 Å². The molecular weight excluding hydrogens is 242 g/mol. The van der Waals surface area contributed by atoms with E-state index in [2.05, 4.69) is 24.5 Å². The average Bonchev–Trinajstić information content (AvgIpc) is 2.39. The monoisotopic (exact) mass is 265 g/mol. The smallest absolute Gasteiger partial charge is 0.0840 e. The van der Waals surface area contributed by atoms with Crippen LogP contribution in [0.2, 0.25) is 0 Å². The number of nitrogens with one attached hydrogen (secondary N) is 1. The van der Waals surface area contributed by atoms with Gasteiger partial charge in [-0.15, -0.1) is 0 Å². The number of anilines is 1. The number of rotatable bonds is 7. The maximum Gasteiger partial charge on any atom is 0.0840 e. The first-order valence-corrected chi connectivity index (χ1v) is 6.14. The summed E-state index contributed by atoms with van der Waals surface area (Å²) >= 11 is 0. The standard InChI is InChI=1S/C13H23N5O/c1-11-3-5-13(6-4-11)16-17(2)7-8-18(15)9-12(14)10-19/h3-6,9,16,19H,7-8,10,14-15H2,1-2H3/b12-9-. The van der Waals surface area contributed by atoms with Crippen molar-refractivity contribution in [2.75, 3.05) is 32.2 Å². The predicted molar refractivity (Wildman–Crippen MR) is 77.7 cm³/mol. The molecule has 0 unspecified atom stereocenters. The third kappa shape index (κ3) is 6.10. The number of likely N-dealkylation sites (N-methyl/N-ethyl adjacent to an activating group) is 1. The fourth-order valence-corrected chi connectivity index (χ4v) is 1.49. The third-order valence-electron chi connectivity index (χ3n) is 2.58. The summed E-state index contributed by atoms with van der Waals surface area (Å²) in [5, 5.41) is 12.2. The van der Waals surface area contributed by atoms with Gasteiger partial charge in [-0.2, -0.15) is 0 Å². The van der Waals surface area contributed by atoms with Gasteiger partial charge in [-0.3, -0.25) is 0 Å². The molecule has 0 amide bonds. The molecule has 19 heavy (non-hydrogen) atoms. The summed E-state index contributed by atoms with van der Waals surface area (Å²) in [6.07, 6.45) is 1.53. The summed E-state index contributed by atoms with van der Waals surface area (Å²) in [4.78, 5) is 0. The van der Waals surface area contributed by atoms with E-state index in [4.69, 9.17) is 16.7 Å². The van der Waals surface area contributed by atoms with E-state index in [1.807, 2.05) is 24.2 Å². The molecule has 0 aromatic heterocycles. The fraction of sp³-hybridized carbons (Fsp3) is 0.385. The van der Waals surface area contributed by atoms with Gasteiger partial charge in [0, 0.05) is 32.0 Å². The van der Waals surface area contributed by atoms with Crippen LogP contribution in [0, 0.1) is 6.92 Å². The molecule has 0 radical (unpaired) electrons. The fourth-order valence-electron chi connectivity index (χ4n) is 1.49. The number of hydrazine groups is 2. The molecular formula is C13H23N5O. The molecule has 6 heteroatoms. The van der Waals surface area contributed by atoms with E-state index in [1.165, 1.54) is 16.8 Å². The summed E-state index contributed by atoms with van der Waals surface area (Å²) in [6, 6.07) is 8.15. The van der Waals surface area contributed by atoms with Gasteiger partial charge < -0.3 is 21.3 Å². The second-order valence-electron chi connectivity index (χ2n) is 4.50. The number of hydrogen-bond acceptors (Lipinski definition) is 6. The zero-order valence-corrected chi connectivity index (χ0v) is 11.5. The highest BCUT2D eigenvalue weighted by Gasteiger charge is 2.01.